The fourth-order valence-electron chi connectivity index (χ4n) is 2.31. The van der Waals surface area contributed by atoms with Crippen LogP contribution >= 0.6 is 0 Å². The zero-order valence-electron chi connectivity index (χ0n) is 12.6. The number of aryl methyl sites for hydroxylation is 1. The van der Waals surface area contributed by atoms with Gasteiger partial charge >= 0.3 is 0 Å². The molecule has 0 saturated carbocycles. The Morgan fingerprint density at radius 2 is 2.05 bits per heavy atom. The van der Waals surface area contributed by atoms with E-state index in [0.29, 0.717) is 0 Å². The van der Waals surface area contributed by atoms with Gasteiger partial charge in [0.05, 0.1) is 24.2 Å². The quantitative estimate of drug-likeness (QED) is 0.715. The standard InChI is InChI=1S/C16H25N3O/c1-3-5-11-20-12-10-17-13-16-18-14-8-6-7-9-15(14)19(16)4-2/h6-9,17H,3-5,10-13H2,1-2H3. The largest absolute Gasteiger partial charge is 0.380 e. The van der Waals surface area contributed by atoms with Crippen LogP contribution in [0.15, 0.2) is 24.3 Å². The summed E-state index contributed by atoms with van der Waals surface area (Å²) in [5, 5.41) is 3.41. The van der Waals surface area contributed by atoms with Gasteiger partial charge in [0.1, 0.15) is 5.82 Å². The van der Waals surface area contributed by atoms with Crippen molar-refractivity contribution in [2.45, 2.75) is 39.8 Å². The normalized spacial score (nSPS) is 11.3. The van der Waals surface area contributed by atoms with Crippen molar-refractivity contribution in [1.29, 1.82) is 0 Å². The predicted molar refractivity (Wildman–Crippen MR) is 82.8 cm³/mol. The summed E-state index contributed by atoms with van der Waals surface area (Å²) in [4.78, 5) is 4.69. The Kier molecular flexibility index (Phi) is 6.02. The first-order chi connectivity index (χ1) is 9.86. The first-order valence-electron chi connectivity index (χ1n) is 7.59. The SMILES string of the molecule is CCCCOCCNCc1nc2ccccc2n1CC. The summed E-state index contributed by atoms with van der Waals surface area (Å²) in [5.41, 5.74) is 2.29. The predicted octanol–water partition coefficient (Wildman–Crippen LogP) is 2.96. The highest BCUT2D eigenvalue weighted by molar-refractivity contribution is 5.75. The van der Waals surface area contributed by atoms with Crippen molar-refractivity contribution in [3.05, 3.63) is 30.1 Å². The van der Waals surface area contributed by atoms with E-state index in [9.17, 15) is 0 Å². The maximum absolute atomic E-state index is 5.54. The van der Waals surface area contributed by atoms with Gasteiger partial charge in [-0.2, -0.15) is 0 Å². The molecule has 0 fully saturated rings. The molecule has 0 radical (unpaired) electrons. The number of nitrogens with zero attached hydrogens (tertiary/aromatic N) is 2. The van der Waals surface area contributed by atoms with E-state index in [1.165, 1.54) is 11.9 Å². The van der Waals surface area contributed by atoms with Gasteiger partial charge in [0.2, 0.25) is 0 Å². The lowest BCUT2D eigenvalue weighted by atomic mass is 10.3. The summed E-state index contributed by atoms with van der Waals surface area (Å²) in [6.45, 7) is 8.58. The summed E-state index contributed by atoms with van der Waals surface area (Å²) >= 11 is 0. The summed E-state index contributed by atoms with van der Waals surface area (Å²) in [6.07, 6.45) is 2.33. The molecule has 0 unspecified atom stereocenters. The molecule has 0 bridgehead atoms. The second-order valence-electron chi connectivity index (χ2n) is 4.90. The molecule has 0 spiro atoms. The summed E-state index contributed by atoms with van der Waals surface area (Å²) in [5.74, 6) is 1.10. The zero-order valence-corrected chi connectivity index (χ0v) is 12.6. The van der Waals surface area contributed by atoms with Crippen LogP contribution in [-0.4, -0.2) is 29.3 Å². The molecule has 0 aliphatic rings. The van der Waals surface area contributed by atoms with Gasteiger partial charge in [-0.05, 0) is 25.5 Å². The van der Waals surface area contributed by atoms with Crippen LogP contribution < -0.4 is 5.32 Å². The molecule has 0 amide bonds. The van der Waals surface area contributed by atoms with E-state index in [0.717, 1.165) is 50.6 Å². The van der Waals surface area contributed by atoms with Crippen molar-refractivity contribution in [3.8, 4) is 0 Å². The maximum atomic E-state index is 5.54. The first kappa shape index (κ1) is 15.0. The highest BCUT2D eigenvalue weighted by Crippen LogP contribution is 2.15. The molecule has 1 heterocycles. The van der Waals surface area contributed by atoms with E-state index in [2.05, 4.69) is 41.9 Å². The van der Waals surface area contributed by atoms with Gasteiger partial charge < -0.3 is 14.6 Å². The number of ether oxygens (including phenoxy) is 1. The number of nitrogens with one attached hydrogen (secondary N) is 1. The van der Waals surface area contributed by atoms with Crippen molar-refractivity contribution >= 4 is 11.0 Å². The number of rotatable bonds is 9. The molecule has 0 saturated heterocycles. The van der Waals surface area contributed by atoms with Crippen molar-refractivity contribution < 1.29 is 4.74 Å². The molecule has 0 aliphatic carbocycles. The molecular formula is C16H25N3O. The smallest absolute Gasteiger partial charge is 0.123 e. The third-order valence-corrected chi connectivity index (χ3v) is 3.40. The number of hydrogen-bond donors (Lipinski definition) is 1. The minimum Gasteiger partial charge on any atom is -0.380 e. The molecule has 1 aromatic heterocycles. The zero-order chi connectivity index (χ0) is 14.2. The fourth-order valence-corrected chi connectivity index (χ4v) is 2.31. The van der Waals surface area contributed by atoms with Crippen molar-refractivity contribution in [2.24, 2.45) is 0 Å². The third-order valence-electron chi connectivity index (χ3n) is 3.40. The monoisotopic (exact) mass is 275 g/mol. The molecule has 20 heavy (non-hydrogen) atoms. The summed E-state index contributed by atoms with van der Waals surface area (Å²) in [6, 6.07) is 8.30. The van der Waals surface area contributed by atoms with E-state index >= 15 is 0 Å². The average molecular weight is 275 g/mol. The number of aromatic nitrogens is 2. The maximum Gasteiger partial charge on any atom is 0.123 e. The lowest BCUT2D eigenvalue weighted by Gasteiger charge is -2.08. The number of imidazole rings is 1. The Morgan fingerprint density at radius 3 is 2.85 bits per heavy atom. The van der Waals surface area contributed by atoms with E-state index in [-0.39, 0.29) is 0 Å². The summed E-state index contributed by atoms with van der Waals surface area (Å²) in [7, 11) is 0. The van der Waals surface area contributed by atoms with Gasteiger partial charge in [-0.1, -0.05) is 25.5 Å². The van der Waals surface area contributed by atoms with E-state index in [1.807, 2.05) is 6.07 Å². The molecule has 0 aliphatic heterocycles. The number of fused-ring (bicyclic) bond motifs is 1. The molecule has 110 valence electrons. The van der Waals surface area contributed by atoms with Crippen LogP contribution in [0.5, 0.6) is 0 Å². The van der Waals surface area contributed by atoms with Gasteiger partial charge in [-0.3, -0.25) is 0 Å². The Morgan fingerprint density at radius 1 is 1.20 bits per heavy atom. The molecule has 2 rings (SSSR count). The van der Waals surface area contributed by atoms with Crippen LogP contribution in [0, 0.1) is 0 Å². The van der Waals surface area contributed by atoms with Gasteiger partial charge in [0.25, 0.3) is 0 Å². The van der Waals surface area contributed by atoms with Crippen LogP contribution in [0.2, 0.25) is 0 Å². The fraction of sp³-hybridized carbons (Fsp3) is 0.562. The lowest BCUT2D eigenvalue weighted by molar-refractivity contribution is 0.132. The van der Waals surface area contributed by atoms with E-state index in [1.54, 1.807) is 0 Å². The molecule has 4 nitrogen and oxygen atoms in total. The van der Waals surface area contributed by atoms with Gasteiger partial charge in [-0.25, -0.2) is 4.98 Å². The van der Waals surface area contributed by atoms with Crippen LogP contribution in [0.3, 0.4) is 0 Å². The van der Waals surface area contributed by atoms with Crippen LogP contribution in [0.4, 0.5) is 0 Å². The van der Waals surface area contributed by atoms with Gasteiger partial charge in [0.15, 0.2) is 0 Å². The molecule has 1 aromatic carbocycles. The Balaban J connectivity index is 1.83. The topological polar surface area (TPSA) is 39.1 Å². The Hall–Kier alpha value is -1.39. The second kappa shape index (κ2) is 8.02. The van der Waals surface area contributed by atoms with E-state index < -0.39 is 0 Å². The van der Waals surface area contributed by atoms with Crippen molar-refractivity contribution in [3.63, 3.8) is 0 Å². The molecule has 0 atom stereocenters. The Bertz CT molecular complexity index is 521. The highest BCUT2D eigenvalue weighted by Gasteiger charge is 2.07. The van der Waals surface area contributed by atoms with Crippen molar-refractivity contribution in [2.75, 3.05) is 19.8 Å². The van der Waals surface area contributed by atoms with Crippen LogP contribution in [0.25, 0.3) is 11.0 Å². The second-order valence-corrected chi connectivity index (χ2v) is 4.90. The van der Waals surface area contributed by atoms with Crippen LogP contribution in [0.1, 0.15) is 32.5 Å². The number of hydrogen-bond acceptors (Lipinski definition) is 3. The highest BCUT2D eigenvalue weighted by atomic mass is 16.5. The Labute approximate surface area is 121 Å². The minimum absolute atomic E-state index is 0.770. The average Bonchev–Trinajstić information content (AvgIpc) is 2.83. The van der Waals surface area contributed by atoms with Crippen molar-refractivity contribution in [1.82, 2.24) is 14.9 Å². The van der Waals surface area contributed by atoms with Crippen LogP contribution in [-0.2, 0) is 17.8 Å². The lowest BCUT2D eigenvalue weighted by Crippen LogP contribution is -2.21. The minimum atomic E-state index is 0.770. The molecular weight excluding hydrogens is 250 g/mol. The number of benzene rings is 1. The van der Waals surface area contributed by atoms with Gasteiger partial charge in [0, 0.05) is 19.7 Å². The summed E-state index contributed by atoms with van der Waals surface area (Å²) < 4.78 is 7.80. The third kappa shape index (κ3) is 3.81. The first-order valence-corrected chi connectivity index (χ1v) is 7.59. The van der Waals surface area contributed by atoms with Gasteiger partial charge in [-0.15, -0.1) is 0 Å². The number of para-hydroxylation sites is 2. The number of unbranched alkanes of at least 4 members (excludes halogenated alkanes) is 1. The van der Waals surface area contributed by atoms with E-state index in [4.69, 9.17) is 9.72 Å². The molecule has 2 aromatic rings. The molecule has 1 N–H and O–H groups in total. The molecule has 4 heteroatoms.